The Kier molecular flexibility index (Phi) is 4.45. The monoisotopic (exact) mass is 354 g/mol. The van der Waals surface area contributed by atoms with Crippen LogP contribution in [0, 0.1) is 5.82 Å². The minimum atomic E-state index is -3.01. The van der Waals surface area contributed by atoms with E-state index in [1.807, 2.05) is 0 Å². The highest BCUT2D eigenvalue weighted by molar-refractivity contribution is 7.91. The molecule has 1 aliphatic heterocycles. The number of sulfone groups is 1. The number of hydrogen-bond donors (Lipinski definition) is 1. The first-order valence-corrected chi connectivity index (χ1v) is 9.81. The number of rotatable bonds is 4. The van der Waals surface area contributed by atoms with E-state index in [1.165, 1.54) is 23.5 Å². The number of nitrogens with zero attached hydrogens (tertiary/aromatic N) is 1. The van der Waals surface area contributed by atoms with Gasteiger partial charge in [-0.15, -0.1) is 11.3 Å². The summed E-state index contributed by atoms with van der Waals surface area (Å²) in [7, 11) is -3.01. The second-order valence-corrected chi connectivity index (χ2v) is 8.58. The van der Waals surface area contributed by atoms with Crippen molar-refractivity contribution in [3.63, 3.8) is 0 Å². The summed E-state index contributed by atoms with van der Waals surface area (Å²) in [5.74, 6) is -0.403. The Morgan fingerprint density at radius 3 is 2.74 bits per heavy atom. The molecule has 1 amide bonds. The number of nitrogens with one attached hydrogen (secondary N) is 1. The van der Waals surface area contributed by atoms with Gasteiger partial charge in [-0.1, -0.05) is 0 Å². The van der Waals surface area contributed by atoms with Crippen LogP contribution >= 0.6 is 11.3 Å². The summed E-state index contributed by atoms with van der Waals surface area (Å²) < 4.78 is 35.7. The lowest BCUT2D eigenvalue weighted by Gasteiger charge is -2.09. The third kappa shape index (κ3) is 4.14. The van der Waals surface area contributed by atoms with E-state index in [0.29, 0.717) is 12.1 Å². The molecule has 1 aromatic heterocycles. The van der Waals surface area contributed by atoms with Gasteiger partial charge in [0.15, 0.2) is 9.84 Å². The summed E-state index contributed by atoms with van der Waals surface area (Å²) in [6.45, 7) is 0. The third-order valence-corrected chi connectivity index (χ3v) is 6.29. The van der Waals surface area contributed by atoms with E-state index >= 15 is 0 Å². The number of carbonyl (C=O) groups excluding carboxylic acids is 1. The Morgan fingerprint density at radius 1 is 1.35 bits per heavy atom. The first kappa shape index (κ1) is 16.1. The van der Waals surface area contributed by atoms with Crippen molar-refractivity contribution in [2.45, 2.75) is 18.9 Å². The number of halogens is 1. The molecule has 0 radical (unpaired) electrons. The first-order valence-electron chi connectivity index (χ1n) is 7.11. The Bertz CT molecular complexity index is 816. The molecular formula is C15H15FN2O3S2. The van der Waals surface area contributed by atoms with Gasteiger partial charge in [-0.3, -0.25) is 4.79 Å². The molecule has 8 heteroatoms. The largest absolute Gasteiger partial charge is 0.352 e. The molecule has 0 aliphatic carbocycles. The summed E-state index contributed by atoms with van der Waals surface area (Å²) in [4.78, 5) is 16.3. The second-order valence-electron chi connectivity index (χ2n) is 5.50. The van der Waals surface area contributed by atoms with Gasteiger partial charge >= 0.3 is 0 Å². The number of carbonyl (C=O) groups is 1. The van der Waals surface area contributed by atoms with Crippen molar-refractivity contribution in [2.24, 2.45) is 0 Å². The summed E-state index contributed by atoms with van der Waals surface area (Å²) >= 11 is 1.38. The van der Waals surface area contributed by atoms with Crippen molar-refractivity contribution < 1.29 is 17.6 Å². The van der Waals surface area contributed by atoms with E-state index in [2.05, 4.69) is 10.3 Å². The highest BCUT2D eigenvalue weighted by Crippen LogP contribution is 2.24. The lowest BCUT2D eigenvalue weighted by molar-refractivity contribution is -0.121. The van der Waals surface area contributed by atoms with E-state index in [0.717, 1.165) is 10.6 Å². The topological polar surface area (TPSA) is 76.1 Å². The number of amides is 1. The standard InChI is InChI=1S/C15H15FN2O3S2/c16-11-3-1-10(2-4-11)15-18-13(8-22-15)7-14(19)17-12-5-6-23(20,21)9-12/h1-4,8,12H,5-7,9H2,(H,17,19). The Balaban J connectivity index is 1.60. The van der Waals surface area contributed by atoms with Crippen LogP contribution in [-0.4, -0.2) is 36.9 Å². The normalized spacial score (nSPS) is 19.6. The van der Waals surface area contributed by atoms with Crippen LogP contribution in [0.2, 0.25) is 0 Å². The third-order valence-electron chi connectivity index (χ3n) is 3.58. The zero-order valence-electron chi connectivity index (χ0n) is 12.2. The quantitative estimate of drug-likeness (QED) is 0.908. The van der Waals surface area contributed by atoms with Crippen molar-refractivity contribution >= 4 is 27.1 Å². The Morgan fingerprint density at radius 2 is 2.09 bits per heavy atom. The zero-order valence-corrected chi connectivity index (χ0v) is 13.8. The maximum Gasteiger partial charge on any atom is 0.226 e. The van der Waals surface area contributed by atoms with Gasteiger partial charge in [-0.05, 0) is 30.7 Å². The number of aromatic nitrogens is 1. The van der Waals surface area contributed by atoms with Crippen molar-refractivity contribution in [1.29, 1.82) is 0 Å². The summed E-state index contributed by atoms with van der Waals surface area (Å²) in [5, 5.41) is 5.24. The molecule has 2 aromatic rings. The van der Waals surface area contributed by atoms with E-state index in [1.54, 1.807) is 17.5 Å². The fraction of sp³-hybridized carbons (Fsp3) is 0.333. The first-order chi connectivity index (χ1) is 10.9. The molecule has 1 unspecified atom stereocenters. The number of benzene rings is 1. The molecule has 1 N–H and O–H groups in total. The van der Waals surface area contributed by atoms with Gasteiger partial charge in [0.1, 0.15) is 10.8 Å². The van der Waals surface area contributed by atoms with E-state index < -0.39 is 9.84 Å². The van der Waals surface area contributed by atoms with Gasteiger partial charge in [0.05, 0.1) is 23.6 Å². The van der Waals surface area contributed by atoms with Crippen LogP contribution in [0.15, 0.2) is 29.6 Å². The molecule has 1 aliphatic rings. The van der Waals surface area contributed by atoms with E-state index in [9.17, 15) is 17.6 Å². The van der Waals surface area contributed by atoms with Gasteiger partial charge < -0.3 is 5.32 Å². The molecule has 1 fully saturated rings. The SMILES string of the molecule is O=C(Cc1csc(-c2ccc(F)cc2)n1)NC1CCS(=O)(=O)C1. The highest BCUT2D eigenvalue weighted by Gasteiger charge is 2.28. The van der Waals surface area contributed by atoms with Crippen molar-refractivity contribution in [3.05, 3.63) is 41.2 Å². The molecule has 1 atom stereocenters. The molecule has 122 valence electrons. The minimum absolute atomic E-state index is 0.0106. The van der Waals surface area contributed by atoms with Crippen molar-refractivity contribution in [1.82, 2.24) is 10.3 Å². The average molecular weight is 354 g/mol. The van der Waals surface area contributed by atoms with Crippen LogP contribution in [0.4, 0.5) is 4.39 Å². The Labute approximate surface area is 137 Å². The van der Waals surface area contributed by atoms with Crippen molar-refractivity contribution in [3.8, 4) is 10.6 Å². The molecule has 3 rings (SSSR count). The van der Waals surface area contributed by atoms with Crippen LogP contribution in [-0.2, 0) is 21.1 Å². The maximum atomic E-state index is 12.9. The minimum Gasteiger partial charge on any atom is -0.352 e. The maximum absolute atomic E-state index is 12.9. The summed E-state index contributed by atoms with van der Waals surface area (Å²) in [5.41, 5.74) is 1.41. The van der Waals surface area contributed by atoms with Crippen LogP contribution in [0.25, 0.3) is 10.6 Å². The Hall–Kier alpha value is -1.80. The van der Waals surface area contributed by atoms with Crippen LogP contribution < -0.4 is 5.32 Å². The van der Waals surface area contributed by atoms with E-state index in [-0.39, 0.29) is 35.7 Å². The molecule has 1 saturated heterocycles. The summed E-state index contributed by atoms with van der Waals surface area (Å²) in [6, 6.07) is 5.71. The highest BCUT2D eigenvalue weighted by atomic mass is 32.2. The fourth-order valence-corrected chi connectivity index (χ4v) is 4.96. The van der Waals surface area contributed by atoms with Gasteiger partial charge in [-0.25, -0.2) is 17.8 Å². The predicted octanol–water partition coefficient (Wildman–Crippen LogP) is 1.79. The molecule has 1 aromatic carbocycles. The smallest absolute Gasteiger partial charge is 0.226 e. The molecule has 2 heterocycles. The lowest BCUT2D eigenvalue weighted by atomic mass is 10.2. The molecule has 5 nitrogen and oxygen atoms in total. The molecule has 0 saturated carbocycles. The van der Waals surface area contributed by atoms with Gasteiger partial charge in [0, 0.05) is 17.0 Å². The second kappa shape index (κ2) is 6.37. The number of hydrogen-bond acceptors (Lipinski definition) is 5. The van der Waals surface area contributed by atoms with Crippen LogP contribution in [0.1, 0.15) is 12.1 Å². The van der Waals surface area contributed by atoms with Crippen molar-refractivity contribution in [2.75, 3.05) is 11.5 Å². The van der Waals surface area contributed by atoms with Gasteiger partial charge in [0.25, 0.3) is 0 Å². The molecule has 0 spiro atoms. The molecule has 0 bridgehead atoms. The fourth-order valence-electron chi connectivity index (χ4n) is 2.47. The lowest BCUT2D eigenvalue weighted by Crippen LogP contribution is -2.36. The van der Waals surface area contributed by atoms with E-state index in [4.69, 9.17) is 0 Å². The molecule has 23 heavy (non-hydrogen) atoms. The number of thiazole rings is 1. The van der Waals surface area contributed by atoms with Gasteiger partial charge in [-0.2, -0.15) is 0 Å². The van der Waals surface area contributed by atoms with Crippen LogP contribution in [0.5, 0.6) is 0 Å². The predicted molar refractivity (Wildman–Crippen MR) is 86.4 cm³/mol. The molecular weight excluding hydrogens is 339 g/mol. The average Bonchev–Trinajstić information content (AvgIpc) is 3.06. The zero-order chi connectivity index (χ0) is 16.4. The van der Waals surface area contributed by atoms with Gasteiger partial charge in [0.2, 0.25) is 5.91 Å². The van der Waals surface area contributed by atoms with Crippen LogP contribution in [0.3, 0.4) is 0 Å². The summed E-state index contributed by atoms with van der Waals surface area (Å²) in [6.07, 6.45) is 0.570.